The van der Waals surface area contributed by atoms with Gasteiger partial charge in [-0.15, -0.1) is 0 Å². The minimum Gasteiger partial charge on any atom is -0.283 e. The Labute approximate surface area is 169 Å². The van der Waals surface area contributed by atoms with E-state index in [2.05, 4.69) is 48.5 Å². The summed E-state index contributed by atoms with van der Waals surface area (Å²) in [6.07, 6.45) is 1.97. The second-order valence-corrected chi connectivity index (χ2v) is 7.01. The minimum atomic E-state index is -0.0310. The molecule has 0 spiro atoms. The second kappa shape index (κ2) is 7.25. The van der Waals surface area contributed by atoms with E-state index < -0.39 is 0 Å². The lowest BCUT2D eigenvalue weighted by Gasteiger charge is -2.19. The number of hydrogen-bond acceptors (Lipinski definition) is 1. The largest absolute Gasteiger partial charge is 0.283 e. The van der Waals surface area contributed by atoms with E-state index in [1.54, 1.807) is 10.5 Å². The van der Waals surface area contributed by atoms with Crippen molar-refractivity contribution < 1.29 is 0 Å². The Bertz CT molecular complexity index is 1340. The van der Waals surface area contributed by atoms with Gasteiger partial charge in [-0.25, -0.2) is 0 Å². The van der Waals surface area contributed by atoms with Gasteiger partial charge in [-0.3, -0.25) is 9.20 Å². The lowest BCUT2D eigenvalue weighted by atomic mass is 9.88. The smallest absolute Gasteiger partial charge is 0.255 e. The summed E-state index contributed by atoms with van der Waals surface area (Å²) < 4.78 is 1.76. The van der Waals surface area contributed by atoms with Crippen LogP contribution in [0, 0.1) is 0 Å². The lowest BCUT2D eigenvalue weighted by molar-refractivity contribution is 1.10. The van der Waals surface area contributed by atoms with Crippen LogP contribution in [0.5, 0.6) is 0 Å². The average molecular weight is 373 g/mol. The van der Waals surface area contributed by atoms with Gasteiger partial charge in [-0.2, -0.15) is 0 Å². The molecule has 3 aromatic carbocycles. The van der Waals surface area contributed by atoms with E-state index in [0.717, 1.165) is 38.9 Å². The minimum absolute atomic E-state index is 0.0310. The number of aromatic nitrogens is 1. The van der Waals surface area contributed by atoms with Crippen molar-refractivity contribution >= 4 is 5.52 Å². The maximum Gasteiger partial charge on any atom is 0.255 e. The highest BCUT2D eigenvalue weighted by Crippen LogP contribution is 2.41. The summed E-state index contributed by atoms with van der Waals surface area (Å²) in [5.41, 5.74) is 7.41. The SMILES string of the molecule is O=c1cccc2c(-c3ccccc3)c(-c3ccccc3)c(-c3ccccc3)cn12. The second-order valence-electron chi connectivity index (χ2n) is 7.01. The summed E-state index contributed by atoms with van der Waals surface area (Å²) in [5.74, 6) is 0. The first-order valence-corrected chi connectivity index (χ1v) is 9.67. The van der Waals surface area contributed by atoms with E-state index in [4.69, 9.17) is 0 Å². The van der Waals surface area contributed by atoms with Gasteiger partial charge in [0.15, 0.2) is 0 Å². The van der Waals surface area contributed by atoms with E-state index in [9.17, 15) is 4.79 Å². The van der Waals surface area contributed by atoms with Crippen molar-refractivity contribution in [2.45, 2.75) is 0 Å². The molecule has 0 unspecified atom stereocenters. The third-order valence-electron chi connectivity index (χ3n) is 5.23. The Hall–Kier alpha value is -3.91. The van der Waals surface area contributed by atoms with Crippen molar-refractivity contribution in [3.8, 4) is 33.4 Å². The van der Waals surface area contributed by atoms with Gasteiger partial charge in [-0.05, 0) is 22.8 Å². The molecule has 0 fully saturated rings. The fourth-order valence-corrected chi connectivity index (χ4v) is 3.93. The van der Waals surface area contributed by atoms with Crippen molar-refractivity contribution in [1.82, 2.24) is 4.40 Å². The molecule has 2 heteroatoms. The van der Waals surface area contributed by atoms with Gasteiger partial charge in [0, 0.05) is 29.0 Å². The van der Waals surface area contributed by atoms with Gasteiger partial charge in [0.25, 0.3) is 5.56 Å². The van der Waals surface area contributed by atoms with Crippen molar-refractivity contribution in [2.24, 2.45) is 0 Å². The van der Waals surface area contributed by atoms with Crippen molar-refractivity contribution in [1.29, 1.82) is 0 Å². The molecule has 0 aliphatic heterocycles. The third kappa shape index (κ3) is 3.05. The van der Waals surface area contributed by atoms with Crippen molar-refractivity contribution in [3.63, 3.8) is 0 Å². The molecule has 0 atom stereocenters. The molecule has 2 heterocycles. The molecular weight excluding hydrogens is 354 g/mol. The van der Waals surface area contributed by atoms with Crippen LogP contribution in [0.15, 0.2) is 120 Å². The van der Waals surface area contributed by atoms with Crippen LogP contribution in [0.3, 0.4) is 0 Å². The molecule has 0 aliphatic rings. The number of hydrogen-bond donors (Lipinski definition) is 0. The molecule has 5 aromatic rings. The first-order chi connectivity index (χ1) is 14.3. The van der Waals surface area contributed by atoms with Gasteiger partial charge < -0.3 is 0 Å². The molecule has 0 saturated heterocycles. The summed E-state index contributed by atoms with van der Waals surface area (Å²) >= 11 is 0. The zero-order chi connectivity index (χ0) is 19.6. The van der Waals surface area contributed by atoms with E-state index in [0.29, 0.717) is 0 Å². The Morgan fingerprint density at radius 3 is 1.59 bits per heavy atom. The molecule has 0 bridgehead atoms. The first kappa shape index (κ1) is 17.2. The molecule has 138 valence electrons. The fourth-order valence-electron chi connectivity index (χ4n) is 3.93. The van der Waals surface area contributed by atoms with Crippen LogP contribution in [0.1, 0.15) is 0 Å². The Balaban J connectivity index is 2.01. The number of pyridine rings is 2. The molecule has 5 rings (SSSR count). The topological polar surface area (TPSA) is 21.5 Å². The number of benzene rings is 3. The molecule has 0 N–H and O–H groups in total. The lowest BCUT2D eigenvalue weighted by Crippen LogP contribution is -2.13. The van der Waals surface area contributed by atoms with Gasteiger partial charge in [-0.1, -0.05) is 97.1 Å². The third-order valence-corrected chi connectivity index (χ3v) is 5.23. The molecule has 2 aromatic heterocycles. The van der Waals surface area contributed by atoms with E-state index in [1.807, 2.05) is 60.8 Å². The molecule has 2 nitrogen and oxygen atoms in total. The molecule has 0 aliphatic carbocycles. The van der Waals surface area contributed by atoms with Gasteiger partial charge in [0.05, 0.1) is 5.52 Å². The standard InChI is InChI=1S/C27H19NO/c29-25-18-10-17-24-27(22-15-8-3-9-16-22)26(21-13-6-2-7-14-21)23(19-28(24)25)20-11-4-1-5-12-20/h1-19H. The van der Waals surface area contributed by atoms with Crippen LogP contribution in [0.25, 0.3) is 38.9 Å². The summed E-state index contributed by atoms with van der Waals surface area (Å²) in [4.78, 5) is 12.8. The highest BCUT2D eigenvalue weighted by atomic mass is 16.1. The van der Waals surface area contributed by atoms with Gasteiger partial charge >= 0.3 is 0 Å². The maximum atomic E-state index is 12.8. The molecule has 0 radical (unpaired) electrons. The zero-order valence-electron chi connectivity index (χ0n) is 15.8. The van der Waals surface area contributed by atoms with Crippen LogP contribution in [0.4, 0.5) is 0 Å². The highest BCUT2D eigenvalue weighted by molar-refractivity contribution is 6.00. The summed E-state index contributed by atoms with van der Waals surface area (Å²) in [5, 5.41) is 0. The Morgan fingerprint density at radius 2 is 1.00 bits per heavy atom. The molecule has 0 saturated carbocycles. The normalized spacial score (nSPS) is 10.9. The van der Waals surface area contributed by atoms with Crippen molar-refractivity contribution in [2.75, 3.05) is 0 Å². The monoisotopic (exact) mass is 373 g/mol. The summed E-state index contributed by atoms with van der Waals surface area (Å²) in [7, 11) is 0. The first-order valence-electron chi connectivity index (χ1n) is 9.67. The van der Waals surface area contributed by atoms with Crippen LogP contribution in [-0.4, -0.2) is 4.40 Å². The van der Waals surface area contributed by atoms with Crippen LogP contribution < -0.4 is 5.56 Å². The Kier molecular flexibility index (Phi) is 4.30. The predicted octanol–water partition coefficient (Wildman–Crippen LogP) is 6.30. The molecule has 29 heavy (non-hydrogen) atoms. The van der Waals surface area contributed by atoms with Crippen molar-refractivity contribution in [3.05, 3.63) is 126 Å². The fraction of sp³-hybridized carbons (Fsp3) is 0. The highest BCUT2D eigenvalue weighted by Gasteiger charge is 2.18. The summed E-state index contributed by atoms with van der Waals surface area (Å²) in [6.45, 7) is 0. The van der Waals surface area contributed by atoms with E-state index in [-0.39, 0.29) is 5.56 Å². The van der Waals surface area contributed by atoms with Gasteiger partial charge in [0.1, 0.15) is 0 Å². The Morgan fingerprint density at radius 1 is 0.483 bits per heavy atom. The van der Waals surface area contributed by atoms with E-state index >= 15 is 0 Å². The summed E-state index contributed by atoms with van der Waals surface area (Å²) in [6, 6.07) is 36.4. The number of fused-ring (bicyclic) bond motifs is 1. The van der Waals surface area contributed by atoms with Crippen LogP contribution in [-0.2, 0) is 0 Å². The average Bonchev–Trinajstić information content (AvgIpc) is 2.80. The van der Waals surface area contributed by atoms with Crippen LogP contribution in [0.2, 0.25) is 0 Å². The number of rotatable bonds is 3. The maximum absolute atomic E-state index is 12.8. The number of nitrogens with zero attached hydrogens (tertiary/aromatic N) is 1. The predicted molar refractivity (Wildman–Crippen MR) is 120 cm³/mol. The van der Waals surface area contributed by atoms with E-state index in [1.165, 1.54) is 0 Å². The van der Waals surface area contributed by atoms with Gasteiger partial charge in [0.2, 0.25) is 0 Å². The molecular formula is C27H19NO. The quantitative estimate of drug-likeness (QED) is 0.364. The molecule has 0 amide bonds. The zero-order valence-corrected chi connectivity index (χ0v) is 15.8. The van der Waals surface area contributed by atoms with Crippen LogP contribution >= 0.6 is 0 Å².